The van der Waals surface area contributed by atoms with Crippen molar-refractivity contribution in [1.29, 1.82) is 0 Å². The van der Waals surface area contributed by atoms with Crippen molar-refractivity contribution in [3.63, 3.8) is 0 Å². The first-order chi connectivity index (χ1) is 11.3. The monoisotopic (exact) mass is 367 g/mol. The summed E-state index contributed by atoms with van der Waals surface area (Å²) in [4.78, 5) is 12.7. The molecule has 2 aliphatic rings. The van der Waals surface area contributed by atoms with Crippen LogP contribution in [0.15, 0.2) is 11.8 Å². The van der Waals surface area contributed by atoms with Gasteiger partial charge in [0.2, 0.25) is 0 Å². The summed E-state index contributed by atoms with van der Waals surface area (Å²) in [6, 6.07) is 1.75. The van der Waals surface area contributed by atoms with Gasteiger partial charge in [0.25, 0.3) is 5.91 Å². The molecule has 3 rings (SSSR count). The molecule has 1 aromatic rings. The SMILES string of the molecule is CCC1CCC2(CC1)NC(=O)C(c1c(C)cc(Cl)c(Cl)c1C)=C2O. The van der Waals surface area contributed by atoms with Crippen molar-refractivity contribution in [2.45, 2.75) is 58.4 Å². The second-order valence-electron chi connectivity index (χ2n) is 7.10. The third-order valence-corrected chi connectivity index (χ3v) is 6.59. The van der Waals surface area contributed by atoms with Crippen molar-refractivity contribution in [2.75, 3.05) is 0 Å². The lowest BCUT2D eigenvalue weighted by molar-refractivity contribution is -0.116. The van der Waals surface area contributed by atoms with Crippen molar-refractivity contribution in [3.8, 4) is 0 Å². The number of aliphatic hydroxyl groups excluding tert-OH is 1. The summed E-state index contributed by atoms with van der Waals surface area (Å²) in [6.45, 7) is 5.92. The molecule has 1 aliphatic carbocycles. The average molecular weight is 368 g/mol. The van der Waals surface area contributed by atoms with Gasteiger partial charge in [-0.25, -0.2) is 0 Å². The van der Waals surface area contributed by atoms with E-state index >= 15 is 0 Å². The molecule has 1 heterocycles. The largest absolute Gasteiger partial charge is 0.509 e. The molecule has 0 unspecified atom stereocenters. The van der Waals surface area contributed by atoms with Crippen LogP contribution in [0.3, 0.4) is 0 Å². The normalized spacial score (nSPS) is 27.0. The van der Waals surface area contributed by atoms with Crippen LogP contribution < -0.4 is 5.32 Å². The Labute approximate surface area is 153 Å². The van der Waals surface area contributed by atoms with Gasteiger partial charge in [0, 0.05) is 0 Å². The zero-order chi connectivity index (χ0) is 17.6. The topological polar surface area (TPSA) is 49.3 Å². The summed E-state index contributed by atoms with van der Waals surface area (Å²) in [7, 11) is 0. The Hall–Kier alpha value is -1.19. The molecule has 130 valence electrons. The first-order valence-corrected chi connectivity index (χ1v) is 9.28. The number of benzene rings is 1. The van der Waals surface area contributed by atoms with E-state index in [9.17, 15) is 9.90 Å². The number of halogens is 2. The quantitative estimate of drug-likeness (QED) is 0.740. The number of aryl methyl sites for hydroxylation is 1. The summed E-state index contributed by atoms with van der Waals surface area (Å²) in [5, 5.41) is 14.9. The van der Waals surface area contributed by atoms with Crippen LogP contribution in [0.25, 0.3) is 5.57 Å². The second kappa shape index (κ2) is 6.27. The third kappa shape index (κ3) is 2.62. The fraction of sp³-hybridized carbons (Fsp3) is 0.526. The van der Waals surface area contributed by atoms with E-state index in [4.69, 9.17) is 23.2 Å². The lowest BCUT2D eigenvalue weighted by atomic mass is 9.75. The van der Waals surface area contributed by atoms with Gasteiger partial charge in [0.1, 0.15) is 5.76 Å². The number of rotatable bonds is 2. The fourth-order valence-corrected chi connectivity index (χ4v) is 4.61. The minimum absolute atomic E-state index is 0.173. The number of carbonyl (C=O) groups is 1. The van der Waals surface area contributed by atoms with Gasteiger partial charge in [-0.2, -0.15) is 0 Å². The van der Waals surface area contributed by atoms with Crippen LogP contribution in [0.2, 0.25) is 10.0 Å². The van der Waals surface area contributed by atoms with E-state index in [1.165, 1.54) is 0 Å². The van der Waals surface area contributed by atoms with Crippen LogP contribution in [-0.4, -0.2) is 16.6 Å². The van der Waals surface area contributed by atoms with Crippen molar-refractivity contribution in [2.24, 2.45) is 5.92 Å². The molecule has 24 heavy (non-hydrogen) atoms. The molecule has 0 radical (unpaired) electrons. The molecule has 0 aromatic heterocycles. The van der Waals surface area contributed by atoms with Gasteiger partial charge >= 0.3 is 0 Å². The Morgan fingerprint density at radius 2 is 1.92 bits per heavy atom. The van der Waals surface area contributed by atoms with Gasteiger partial charge in [-0.1, -0.05) is 36.5 Å². The zero-order valence-electron chi connectivity index (χ0n) is 14.3. The number of amides is 1. The van der Waals surface area contributed by atoms with Gasteiger partial charge < -0.3 is 10.4 Å². The van der Waals surface area contributed by atoms with E-state index in [0.717, 1.165) is 43.2 Å². The average Bonchev–Trinajstić information content (AvgIpc) is 2.78. The van der Waals surface area contributed by atoms with E-state index < -0.39 is 5.54 Å². The molecule has 5 heteroatoms. The lowest BCUT2D eigenvalue weighted by Crippen LogP contribution is -2.47. The maximum Gasteiger partial charge on any atom is 0.256 e. The second-order valence-corrected chi connectivity index (χ2v) is 7.89. The van der Waals surface area contributed by atoms with E-state index in [1.54, 1.807) is 6.07 Å². The molecule has 1 aromatic carbocycles. The van der Waals surface area contributed by atoms with Crippen molar-refractivity contribution < 1.29 is 9.90 Å². The molecular formula is C19H23Cl2NO2. The zero-order valence-corrected chi connectivity index (χ0v) is 15.8. The Morgan fingerprint density at radius 3 is 2.50 bits per heavy atom. The maximum absolute atomic E-state index is 12.7. The summed E-state index contributed by atoms with van der Waals surface area (Å²) < 4.78 is 0. The third-order valence-electron chi connectivity index (χ3n) is 5.71. The highest BCUT2D eigenvalue weighted by Crippen LogP contribution is 2.45. The first-order valence-electron chi connectivity index (χ1n) is 8.52. The molecule has 1 saturated carbocycles. The summed E-state index contributed by atoms with van der Waals surface area (Å²) in [6.07, 6.45) is 4.76. The van der Waals surface area contributed by atoms with Gasteiger partial charge in [-0.3, -0.25) is 4.79 Å². The van der Waals surface area contributed by atoms with Crippen LogP contribution >= 0.6 is 23.2 Å². The smallest absolute Gasteiger partial charge is 0.256 e. The Kier molecular flexibility index (Phi) is 4.61. The summed E-state index contributed by atoms with van der Waals surface area (Å²) >= 11 is 12.4. The molecule has 1 amide bonds. The van der Waals surface area contributed by atoms with Crippen LogP contribution in [0.5, 0.6) is 0 Å². The molecule has 0 bridgehead atoms. The molecule has 0 saturated heterocycles. The van der Waals surface area contributed by atoms with Crippen molar-refractivity contribution in [1.82, 2.24) is 5.32 Å². The number of aliphatic hydroxyl groups is 1. The molecule has 1 fully saturated rings. The minimum atomic E-state index is -0.608. The van der Waals surface area contributed by atoms with E-state index in [0.29, 0.717) is 27.1 Å². The van der Waals surface area contributed by atoms with Gasteiger partial charge in [-0.05, 0) is 68.2 Å². The molecule has 1 aliphatic heterocycles. The van der Waals surface area contributed by atoms with Crippen molar-refractivity contribution >= 4 is 34.7 Å². The minimum Gasteiger partial charge on any atom is -0.509 e. The molecule has 3 nitrogen and oxygen atoms in total. The first kappa shape index (κ1) is 17.6. The Balaban J connectivity index is 2.09. The predicted octanol–water partition coefficient (Wildman–Crippen LogP) is 5.35. The van der Waals surface area contributed by atoms with Crippen LogP contribution in [0.1, 0.15) is 55.7 Å². The van der Waals surface area contributed by atoms with Crippen LogP contribution in [-0.2, 0) is 4.79 Å². The number of nitrogens with one attached hydrogen (secondary N) is 1. The fourth-order valence-electron chi connectivity index (χ4n) is 4.15. The van der Waals surface area contributed by atoms with Gasteiger partial charge in [0.05, 0.1) is 21.2 Å². The highest BCUT2D eigenvalue weighted by atomic mass is 35.5. The lowest BCUT2D eigenvalue weighted by Gasteiger charge is -2.37. The van der Waals surface area contributed by atoms with E-state index in [2.05, 4.69) is 12.2 Å². The standard InChI is InChI=1S/C19H23Cl2NO2/c1-4-12-5-7-19(8-6-12)17(23)15(18(24)22-19)14-10(2)9-13(20)16(21)11(14)3/h9,12,23H,4-8H2,1-3H3,(H,22,24). The number of hydrogen-bond acceptors (Lipinski definition) is 2. The van der Waals surface area contributed by atoms with Gasteiger partial charge in [-0.15, -0.1) is 0 Å². The number of carbonyl (C=O) groups excluding carboxylic acids is 1. The van der Waals surface area contributed by atoms with Crippen LogP contribution in [0.4, 0.5) is 0 Å². The van der Waals surface area contributed by atoms with Crippen molar-refractivity contribution in [3.05, 3.63) is 38.6 Å². The van der Waals surface area contributed by atoms with Gasteiger partial charge in [0.15, 0.2) is 0 Å². The van der Waals surface area contributed by atoms with E-state index in [-0.39, 0.29) is 11.7 Å². The highest BCUT2D eigenvalue weighted by molar-refractivity contribution is 6.43. The molecule has 0 atom stereocenters. The predicted molar refractivity (Wildman–Crippen MR) is 98.6 cm³/mol. The molecular weight excluding hydrogens is 345 g/mol. The molecule has 1 spiro atoms. The highest BCUT2D eigenvalue weighted by Gasteiger charge is 2.48. The van der Waals surface area contributed by atoms with E-state index in [1.807, 2.05) is 13.8 Å². The number of hydrogen-bond donors (Lipinski definition) is 2. The summed E-state index contributed by atoms with van der Waals surface area (Å²) in [5.41, 5.74) is 2.03. The Bertz CT molecular complexity index is 731. The summed E-state index contributed by atoms with van der Waals surface area (Å²) in [5.74, 6) is 0.636. The van der Waals surface area contributed by atoms with Crippen LogP contribution in [0, 0.1) is 19.8 Å². The molecule has 2 N–H and O–H groups in total. The Morgan fingerprint density at radius 1 is 1.29 bits per heavy atom. The maximum atomic E-state index is 12.7.